The van der Waals surface area contributed by atoms with E-state index in [2.05, 4.69) is 27.6 Å². The second-order valence-electron chi connectivity index (χ2n) is 7.24. The Morgan fingerprint density at radius 2 is 1.84 bits per heavy atom. The number of amides is 2. The largest absolute Gasteiger partial charge is 0.457 e. The molecule has 7 nitrogen and oxygen atoms in total. The first-order valence-electron chi connectivity index (χ1n) is 10.2. The van der Waals surface area contributed by atoms with Crippen LogP contribution < -0.4 is 15.4 Å². The van der Waals surface area contributed by atoms with Gasteiger partial charge >= 0.3 is 6.03 Å². The number of hydrogen-bond donors (Lipinski definition) is 2. The maximum atomic E-state index is 12.6. The van der Waals surface area contributed by atoms with Crippen LogP contribution in [0.25, 0.3) is 0 Å². The zero-order chi connectivity index (χ0) is 21.6. The van der Waals surface area contributed by atoms with E-state index in [0.717, 1.165) is 42.9 Å². The second kappa shape index (κ2) is 9.72. The standard InChI is InChI=1S/C23H24N4O3S/c1-2-27-13-12-19-20(14-24-29)22(31-21(19)15-27)26-23(28)25-16-8-10-18(11-9-16)30-17-6-4-3-5-7-17/h3-11H,2,12-15H2,1H3,(H2,25,26,28). The van der Waals surface area contributed by atoms with E-state index in [-0.39, 0.29) is 12.6 Å². The molecule has 0 atom stereocenters. The number of fused-ring (bicyclic) bond motifs is 1. The van der Waals surface area contributed by atoms with Crippen molar-refractivity contribution >= 4 is 28.1 Å². The molecule has 1 aromatic heterocycles. The topological polar surface area (TPSA) is 83.0 Å². The lowest BCUT2D eigenvalue weighted by molar-refractivity contribution is 0.262. The summed E-state index contributed by atoms with van der Waals surface area (Å²) in [6.45, 7) is 4.98. The average Bonchev–Trinajstić information content (AvgIpc) is 3.12. The fourth-order valence-electron chi connectivity index (χ4n) is 3.62. The van der Waals surface area contributed by atoms with Crippen molar-refractivity contribution in [3.8, 4) is 11.5 Å². The highest BCUT2D eigenvalue weighted by molar-refractivity contribution is 7.16. The van der Waals surface area contributed by atoms with Crippen molar-refractivity contribution < 1.29 is 9.53 Å². The molecule has 4 rings (SSSR count). The van der Waals surface area contributed by atoms with Crippen LogP contribution >= 0.6 is 11.3 Å². The Hall–Kier alpha value is -3.23. The molecule has 0 saturated heterocycles. The van der Waals surface area contributed by atoms with Crippen molar-refractivity contribution in [3.63, 3.8) is 0 Å². The molecule has 160 valence electrons. The minimum Gasteiger partial charge on any atom is -0.457 e. The third-order valence-electron chi connectivity index (χ3n) is 5.23. The van der Waals surface area contributed by atoms with Crippen molar-refractivity contribution in [2.75, 3.05) is 23.7 Å². The number of thiophene rings is 1. The van der Waals surface area contributed by atoms with Gasteiger partial charge < -0.3 is 10.1 Å². The molecule has 2 aromatic carbocycles. The number of carbonyl (C=O) groups excluding carboxylic acids is 1. The Bertz CT molecular complexity index is 1050. The summed E-state index contributed by atoms with van der Waals surface area (Å²) in [7, 11) is 0. The van der Waals surface area contributed by atoms with Gasteiger partial charge in [0.05, 0.1) is 0 Å². The van der Waals surface area contributed by atoms with Gasteiger partial charge in [0.1, 0.15) is 23.0 Å². The molecule has 0 spiro atoms. The quantitative estimate of drug-likeness (QED) is 0.457. The Balaban J connectivity index is 1.41. The monoisotopic (exact) mass is 436 g/mol. The number of carbonyl (C=O) groups is 1. The van der Waals surface area contributed by atoms with Crippen LogP contribution in [-0.2, 0) is 19.5 Å². The summed E-state index contributed by atoms with van der Waals surface area (Å²) in [5.74, 6) is 1.43. The van der Waals surface area contributed by atoms with E-state index in [9.17, 15) is 9.70 Å². The van der Waals surface area contributed by atoms with Gasteiger partial charge in [-0.1, -0.05) is 30.3 Å². The van der Waals surface area contributed by atoms with Crippen LogP contribution in [0.15, 0.2) is 59.8 Å². The molecule has 1 aliphatic heterocycles. The number of hydrogen-bond acceptors (Lipinski definition) is 6. The summed E-state index contributed by atoms with van der Waals surface area (Å²) in [4.78, 5) is 27.1. The molecule has 8 heteroatoms. The maximum absolute atomic E-state index is 12.6. The van der Waals surface area contributed by atoms with Gasteiger partial charge in [-0.15, -0.1) is 11.3 Å². The first-order chi connectivity index (χ1) is 15.2. The van der Waals surface area contributed by atoms with Crippen molar-refractivity contribution in [3.05, 3.63) is 75.5 Å². The smallest absolute Gasteiger partial charge is 0.324 e. The van der Waals surface area contributed by atoms with Gasteiger partial charge in [-0.25, -0.2) is 4.79 Å². The number of nitroso groups, excluding NO2 is 1. The van der Waals surface area contributed by atoms with E-state index in [1.165, 1.54) is 16.2 Å². The van der Waals surface area contributed by atoms with E-state index in [1.807, 2.05) is 30.3 Å². The zero-order valence-electron chi connectivity index (χ0n) is 17.3. The zero-order valence-corrected chi connectivity index (χ0v) is 18.1. The van der Waals surface area contributed by atoms with E-state index < -0.39 is 0 Å². The number of ether oxygens (including phenoxy) is 1. The molecule has 3 aromatic rings. The third kappa shape index (κ3) is 5.10. The van der Waals surface area contributed by atoms with Gasteiger partial charge in [0.2, 0.25) is 0 Å². The summed E-state index contributed by atoms with van der Waals surface area (Å²) in [5, 5.41) is 9.52. The molecule has 0 bridgehead atoms. The number of para-hydroxylation sites is 1. The lowest BCUT2D eigenvalue weighted by Crippen LogP contribution is -2.29. The predicted octanol–water partition coefficient (Wildman–Crippen LogP) is 5.83. The predicted molar refractivity (Wildman–Crippen MR) is 124 cm³/mol. The van der Waals surface area contributed by atoms with Gasteiger partial charge in [0, 0.05) is 29.2 Å². The summed E-state index contributed by atoms with van der Waals surface area (Å²) in [6, 6.07) is 16.3. The van der Waals surface area contributed by atoms with Crippen LogP contribution in [-0.4, -0.2) is 24.0 Å². The first kappa shape index (κ1) is 21.0. The number of nitrogens with one attached hydrogen (secondary N) is 2. The van der Waals surface area contributed by atoms with Crippen LogP contribution in [0.1, 0.15) is 22.9 Å². The highest BCUT2D eigenvalue weighted by atomic mass is 32.1. The van der Waals surface area contributed by atoms with Crippen molar-refractivity contribution in [2.24, 2.45) is 5.18 Å². The number of nitrogens with zero attached hydrogens (tertiary/aromatic N) is 2. The number of benzene rings is 2. The maximum Gasteiger partial charge on any atom is 0.324 e. The van der Waals surface area contributed by atoms with Crippen LogP contribution in [0.4, 0.5) is 15.5 Å². The lowest BCUT2D eigenvalue weighted by atomic mass is 10.0. The fraction of sp³-hybridized carbons (Fsp3) is 0.261. The van der Waals surface area contributed by atoms with Crippen LogP contribution in [0.2, 0.25) is 0 Å². The van der Waals surface area contributed by atoms with Gasteiger partial charge in [0.25, 0.3) is 0 Å². The van der Waals surface area contributed by atoms with Crippen molar-refractivity contribution in [2.45, 2.75) is 26.4 Å². The molecule has 2 heterocycles. The molecule has 2 N–H and O–H groups in total. The number of urea groups is 1. The minimum absolute atomic E-state index is 0.0685. The molecule has 0 aliphatic carbocycles. The molecule has 2 amide bonds. The Kier molecular flexibility index (Phi) is 6.59. The molecule has 0 radical (unpaired) electrons. The van der Waals surface area contributed by atoms with Gasteiger partial charge in [-0.2, -0.15) is 4.91 Å². The van der Waals surface area contributed by atoms with E-state index >= 15 is 0 Å². The summed E-state index contributed by atoms with van der Waals surface area (Å²) < 4.78 is 5.77. The first-order valence-corrected chi connectivity index (χ1v) is 11.0. The molecule has 0 saturated carbocycles. The molecule has 31 heavy (non-hydrogen) atoms. The van der Waals surface area contributed by atoms with Crippen molar-refractivity contribution in [1.82, 2.24) is 4.90 Å². The van der Waals surface area contributed by atoms with Crippen LogP contribution in [0, 0.1) is 4.91 Å². The SMILES string of the molecule is CCN1CCc2c(sc(NC(=O)Nc3ccc(Oc4ccccc4)cc3)c2CN=O)C1. The molecular weight excluding hydrogens is 412 g/mol. The van der Waals surface area contributed by atoms with Crippen LogP contribution in [0.5, 0.6) is 11.5 Å². The van der Waals surface area contributed by atoms with Gasteiger partial charge in [-0.3, -0.25) is 10.2 Å². The van der Waals surface area contributed by atoms with Gasteiger partial charge in [0.15, 0.2) is 0 Å². The summed E-state index contributed by atoms with van der Waals surface area (Å²) >= 11 is 1.53. The second-order valence-corrected chi connectivity index (χ2v) is 8.34. The highest BCUT2D eigenvalue weighted by Gasteiger charge is 2.24. The van der Waals surface area contributed by atoms with E-state index in [4.69, 9.17) is 4.74 Å². The van der Waals surface area contributed by atoms with Gasteiger partial charge in [-0.05, 0) is 54.9 Å². The molecule has 0 unspecified atom stereocenters. The normalized spacial score (nSPS) is 13.3. The van der Waals surface area contributed by atoms with Crippen molar-refractivity contribution in [1.29, 1.82) is 0 Å². The molecule has 0 fully saturated rings. The minimum atomic E-state index is -0.352. The third-order valence-corrected chi connectivity index (χ3v) is 6.41. The molecular formula is C23H24N4O3S. The molecule has 1 aliphatic rings. The number of anilines is 2. The number of rotatable bonds is 7. The lowest BCUT2D eigenvalue weighted by Gasteiger charge is -2.25. The highest BCUT2D eigenvalue weighted by Crippen LogP contribution is 2.37. The van der Waals surface area contributed by atoms with Crippen LogP contribution in [0.3, 0.4) is 0 Å². The average molecular weight is 437 g/mol. The Labute approximate surface area is 185 Å². The Morgan fingerprint density at radius 1 is 1.10 bits per heavy atom. The fourth-order valence-corrected chi connectivity index (χ4v) is 4.92. The van der Waals surface area contributed by atoms with E-state index in [1.54, 1.807) is 24.3 Å². The Morgan fingerprint density at radius 3 is 2.55 bits per heavy atom. The summed E-state index contributed by atoms with van der Waals surface area (Å²) in [6.07, 6.45) is 0.872. The number of likely N-dealkylation sites (N-methyl/N-ethyl adjacent to an activating group) is 1. The summed E-state index contributed by atoms with van der Waals surface area (Å²) in [5.41, 5.74) is 2.64. The van der Waals surface area contributed by atoms with E-state index in [0.29, 0.717) is 16.4 Å².